The molecule has 1 heterocycles. The number of rotatable bonds is 7. The molecule has 1 unspecified atom stereocenters. The lowest BCUT2D eigenvalue weighted by molar-refractivity contribution is -0.137. The Hall–Kier alpha value is -3.04. The summed E-state index contributed by atoms with van der Waals surface area (Å²) in [7, 11) is 0. The Morgan fingerprint density at radius 1 is 1.23 bits per heavy atom. The van der Waals surface area contributed by atoms with Crippen LogP contribution >= 0.6 is 0 Å². The maximum Gasteiger partial charge on any atom is 0.303 e. The summed E-state index contributed by atoms with van der Waals surface area (Å²) in [6.45, 7) is 7.74. The minimum atomic E-state index is -0.789. The summed E-state index contributed by atoms with van der Waals surface area (Å²) in [6, 6.07) is 15.7. The molecule has 3 rings (SSSR count). The molecule has 0 aromatic heterocycles. The highest BCUT2D eigenvalue weighted by Gasteiger charge is 2.25. The van der Waals surface area contributed by atoms with Crippen molar-refractivity contribution in [2.75, 3.05) is 23.3 Å². The normalized spacial score (nSPS) is 19.7. The van der Waals surface area contributed by atoms with E-state index in [2.05, 4.69) is 42.3 Å². The molecule has 2 aromatic carbocycles. The van der Waals surface area contributed by atoms with Crippen LogP contribution in [0.1, 0.15) is 50.7 Å². The standard InChI is InChI=1S/C24H29N3O3/c1-4-19(12-24(28)29)20-7-10-23(27-14-16(2)30-17(3)15-27)22(11-20)26-21-8-5-18(13-25)6-9-21/h5-11,16-17,19,26H,4,12,14-15H2,1-3H3,(H,28,29)/t16-,17+,19?. The highest BCUT2D eigenvalue weighted by Crippen LogP contribution is 2.35. The van der Waals surface area contributed by atoms with Gasteiger partial charge in [-0.3, -0.25) is 4.79 Å². The van der Waals surface area contributed by atoms with E-state index in [1.54, 1.807) is 12.1 Å². The van der Waals surface area contributed by atoms with Gasteiger partial charge in [0.15, 0.2) is 0 Å². The molecule has 6 heteroatoms. The lowest BCUT2D eigenvalue weighted by Gasteiger charge is -2.38. The summed E-state index contributed by atoms with van der Waals surface area (Å²) in [5, 5.41) is 21.8. The maximum atomic E-state index is 11.3. The SMILES string of the molecule is CCC(CC(=O)O)c1ccc(N2C[C@@H](C)O[C@@H](C)C2)c(Nc2ccc(C#N)cc2)c1. The van der Waals surface area contributed by atoms with Gasteiger partial charge >= 0.3 is 5.97 Å². The van der Waals surface area contributed by atoms with E-state index >= 15 is 0 Å². The van der Waals surface area contributed by atoms with Gasteiger partial charge in [0.1, 0.15) is 0 Å². The molecule has 2 N–H and O–H groups in total. The fraction of sp³-hybridized carbons (Fsp3) is 0.417. The summed E-state index contributed by atoms with van der Waals surface area (Å²) in [6.07, 6.45) is 1.13. The first-order valence-electron chi connectivity index (χ1n) is 10.4. The van der Waals surface area contributed by atoms with E-state index in [0.29, 0.717) is 5.56 Å². The number of carboxylic acids is 1. The summed E-state index contributed by atoms with van der Waals surface area (Å²) >= 11 is 0. The number of carbonyl (C=O) groups is 1. The molecule has 0 radical (unpaired) electrons. The molecule has 0 saturated carbocycles. The van der Waals surface area contributed by atoms with Crippen LogP contribution in [0, 0.1) is 11.3 Å². The molecule has 1 saturated heterocycles. The third-order valence-electron chi connectivity index (χ3n) is 5.46. The van der Waals surface area contributed by atoms with Gasteiger partial charge in [0.25, 0.3) is 0 Å². The fourth-order valence-electron chi connectivity index (χ4n) is 4.05. The lowest BCUT2D eigenvalue weighted by atomic mass is 9.92. The Morgan fingerprint density at radius 2 is 1.90 bits per heavy atom. The summed E-state index contributed by atoms with van der Waals surface area (Å²) in [5.74, 6) is -0.830. The van der Waals surface area contributed by atoms with E-state index < -0.39 is 5.97 Å². The third-order valence-corrected chi connectivity index (χ3v) is 5.46. The third kappa shape index (κ3) is 5.31. The first-order chi connectivity index (χ1) is 14.4. The van der Waals surface area contributed by atoms with Crippen LogP contribution in [0.4, 0.5) is 17.1 Å². The van der Waals surface area contributed by atoms with Crippen LogP contribution in [0.2, 0.25) is 0 Å². The molecule has 6 nitrogen and oxygen atoms in total. The largest absolute Gasteiger partial charge is 0.481 e. The molecule has 1 aliphatic heterocycles. The molecular weight excluding hydrogens is 378 g/mol. The highest BCUT2D eigenvalue weighted by molar-refractivity contribution is 5.77. The topological polar surface area (TPSA) is 85.6 Å². The fourth-order valence-corrected chi connectivity index (χ4v) is 4.05. The quantitative estimate of drug-likeness (QED) is 0.680. The molecule has 2 aromatic rings. The van der Waals surface area contributed by atoms with Crippen molar-refractivity contribution in [1.29, 1.82) is 5.26 Å². The minimum absolute atomic E-state index is 0.0411. The van der Waals surface area contributed by atoms with Gasteiger partial charge in [-0.05, 0) is 68.1 Å². The number of ether oxygens (including phenoxy) is 1. The number of carboxylic acid groups (broad SMARTS) is 1. The average Bonchev–Trinajstić information content (AvgIpc) is 2.71. The zero-order valence-electron chi connectivity index (χ0n) is 17.8. The van der Waals surface area contributed by atoms with Crippen LogP contribution in [-0.4, -0.2) is 36.4 Å². The number of hydrogen-bond acceptors (Lipinski definition) is 5. The van der Waals surface area contributed by atoms with Gasteiger partial charge in [-0.15, -0.1) is 0 Å². The second-order valence-corrected chi connectivity index (χ2v) is 7.96. The molecule has 30 heavy (non-hydrogen) atoms. The van der Waals surface area contributed by atoms with Crippen LogP contribution in [-0.2, 0) is 9.53 Å². The van der Waals surface area contributed by atoms with Crippen molar-refractivity contribution in [2.45, 2.75) is 51.7 Å². The van der Waals surface area contributed by atoms with Gasteiger partial charge in [0.05, 0.1) is 41.6 Å². The highest BCUT2D eigenvalue weighted by atomic mass is 16.5. The number of aliphatic carboxylic acids is 1. The van der Waals surface area contributed by atoms with Crippen LogP contribution in [0.25, 0.3) is 0 Å². The number of hydrogen-bond donors (Lipinski definition) is 2. The molecule has 1 aliphatic rings. The maximum absolute atomic E-state index is 11.3. The summed E-state index contributed by atoms with van der Waals surface area (Å²) in [4.78, 5) is 13.6. The Balaban J connectivity index is 1.97. The average molecular weight is 408 g/mol. The Labute approximate surface area is 178 Å². The predicted octanol–water partition coefficient (Wildman–Crippen LogP) is 4.88. The predicted molar refractivity (Wildman–Crippen MR) is 118 cm³/mol. The minimum Gasteiger partial charge on any atom is -0.481 e. The molecule has 158 valence electrons. The Bertz CT molecular complexity index is 910. The van der Waals surface area contributed by atoms with Crippen molar-refractivity contribution in [3.05, 3.63) is 53.6 Å². The molecule has 0 amide bonds. The number of morpholine rings is 1. The molecule has 3 atom stereocenters. The van der Waals surface area contributed by atoms with Gasteiger partial charge in [-0.2, -0.15) is 5.26 Å². The number of nitrogens with one attached hydrogen (secondary N) is 1. The number of nitrogens with zero attached hydrogens (tertiary/aromatic N) is 2. The van der Waals surface area contributed by atoms with Gasteiger partial charge in [0.2, 0.25) is 0 Å². The first kappa shape index (κ1) is 21.7. The van der Waals surface area contributed by atoms with Crippen LogP contribution in [0.5, 0.6) is 0 Å². The zero-order chi connectivity index (χ0) is 21.7. The van der Waals surface area contributed by atoms with Gasteiger partial charge in [0, 0.05) is 18.8 Å². The molecule has 1 fully saturated rings. The van der Waals surface area contributed by atoms with Crippen LogP contribution in [0.15, 0.2) is 42.5 Å². The van der Waals surface area contributed by atoms with Crippen LogP contribution < -0.4 is 10.2 Å². The van der Waals surface area contributed by atoms with Crippen molar-refractivity contribution in [3.63, 3.8) is 0 Å². The molecule has 0 bridgehead atoms. The lowest BCUT2D eigenvalue weighted by Crippen LogP contribution is -2.45. The second-order valence-electron chi connectivity index (χ2n) is 7.96. The molecule has 0 spiro atoms. The molecular formula is C24H29N3O3. The summed E-state index contributed by atoms with van der Waals surface area (Å²) in [5.41, 5.74) is 4.50. The van der Waals surface area contributed by atoms with Crippen molar-refractivity contribution in [2.24, 2.45) is 0 Å². The first-order valence-corrected chi connectivity index (χ1v) is 10.4. The Kier molecular flexibility index (Phi) is 6.96. The number of benzene rings is 2. The second kappa shape index (κ2) is 9.64. The van der Waals surface area contributed by atoms with E-state index in [1.165, 1.54) is 0 Å². The van der Waals surface area contributed by atoms with Crippen molar-refractivity contribution in [3.8, 4) is 6.07 Å². The number of anilines is 3. The van der Waals surface area contributed by atoms with Gasteiger partial charge in [-0.1, -0.05) is 13.0 Å². The van der Waals surface area contributed by atoms with Crippen molar-refractivity contribution in [1.82, 2.24) is 0 Å². The van der Waals surface area contributed by atoms with Gasteiger partial charge < -0.3 is 20.1 Å². The van der Waals surface area contributed by atoms with E-state index in [9.17, 15) is 9.90 Å². The summed E-state index contributed by atoms with van der Waals surface area (Å²) < 4.78 is 5.89. The molecule has 0 aliphatic carbocycles. The van der Waals surface area contributed by atoms with E-state index in [1.807, 2.05) is 25.1 Å². The van der Waals surface area contributed by atoms with E-state index in [-0.39, 0.29) is 24.5 Å². The van der Waals surface area contributed by atoms with E-state index in [4.69, 9.17) is 10.00 Å². The van der Waals surface area contributed by atoms with Crippen molar-refractivity contribution < 1.29 is 14.6 Å². The smallest absolute Gasteiger partial charge is 0.303 e. The number of nitriles is 1. The van der Waals surface area contributed by atoms with Crippen LogP contribution in [0.3, 0.4) is 0 Å². The zero-order valence-corrected chi connectivity index (χ0v) is 17.8. The monoisotopic (exact) mass is 407 g/mol. The van der Waals surface area contributed by atoms with Crippen molar-refractivity contribution >= 4 is 23.0 Å². The Morgan fingerprint density at radius 3 is 2.47 bits per heavy atom. The van der Waals surface area contributed by atoms with Gasteiger partial charge in [-0.25, -0.2) is 0 Å². The van der Waals surface area contributed by atoms with E-state index in [0.717, 1.165) is 42.1 Å².